The standard InChI is InChI=1S/C14H19N5O/c1-4-19(5-2)14-17-13(10-15-18-14)16-11-8-6-7-9-12(11)20-3/h6-10H,4-5H2,1-3H3,(H,16,17,18). The summed E-state index contributed by atoms with van der Waals surface area (Å²) in [5.74, 6) is 2.02. The lowest BCUT2D eigenvalue weighted by Crippen LogP contribution is -2.24. The van der Waals surface area contributed by atoms with Crippen LogP contribution in [0, 0.1) is 0 Å². The highest BCUT2D eigenvalue weighted by molar-refractivity contribution is 5.63. The third kappa shape index (κ3) is 3.14. The van der Waals surface area contributed by atoms with E-state index in [1.165, 1.54) is 0 Å². The molecule has 0 amide bonds. The van der Waals surface area contributed by atoms with Crippen molar-refractivity contribution in [1.82, 2.24) is 15.2 Å². The molecule has 0 saturated carbocycles. The van der Waals surface area contributed by atoms with Crippen LogP contribution in [0.25, 0.3) is 0 Å². The molecule has 6 heteroatoms. The summed E-state index contributed by atoms with van der Waals surface area (Å²) >= 11 is 0. The molecule has 6 nitrogen and oxygen atoms in total. The molecule has 0 atom stereocenters. The summed E-state index contributed by atoms with van der Waals surface area (Å²) < 4.78 is 5.30. The van der Waals surface area contributed by atoms with Gasteiger partial charge in [-0.25, -0.2) is 0 Å². The maximum absolute atomic E-state index is 5.30. The summed E-state index contributed by atoms with van der Waals surface area (Å²) in [6.45, 7) is 5.81. The Kier molecular flexibility index (Phi) is 4.70. The lowest BCUT2D eigenvalue weighted by Gasteiger charge is -2.18. The minimum Gasteiger partial charge on any atom is -0.495 e. The van der Waals surface area contributed by atoms with E-state index in [9.17, 15) is 0 Å². The fourth-order valence-corrected chi connectivity index (χ4v) is 1.88. The minimum absolute atomic E-state index is 0.620. The molecule has 1 N–H and O–H groups in total. The number of para-hydroxylation sites is 2. The second-order valence-corrected chi connectivity index (χ2v) is 4.14. The number of benzene rings is 1. The van der Waals surface area contributed by atoms with E-state index in [0.29, 0.717) is 11.8 Å². The predicted octanol–water partition coefficient (Wildman–Crippen LogP) is 2.47. The number of rotatable bonds is 6. The zero-order valence-corrected chi connectivity index (χ0v) is 12.0. The van der Waals surface area contributed by atoms with Gasteiger partial charge in [-0.05, 0) is 26.0 Å². The van der Waals surface area contributed by atoms with Crippen LogP contribution in [0.3, 0.4) is 0 Å². The van der Waals surface area contributed by atoms with Crippen molar-refractivity contribution in [3.63, 3.8) is 0 Å². The number of anilines is 3. The summed E-state index contributed by atoms with van der Waals surface area (Å²) in [6, 6.07) is 7.68. The number of nitrogens with zero attached hydrogens (tertiary/aromatic N) is 4. The van der Waals surface area contributed by atoms with Gasteiger partial charge in [-0.2, -0.15) is 10.1 Å². The van der Waals surface area contributed by atoms with Gasteiger partial charge in [0, 0.05) is 13.1 Å². The molecular formula is C14H19N5O. The quantitative estimate of drug-likeness (QED) is 0.872. The molecule has 1 aromatic carbocycles. The van der Waals surface area contributed by atoms with Gasteiger partial charge in [0.2, 0.25) is 5.95 Å². The number of hydrogen-bond acceptors (Lipinski definition) is 6. The van der Waals surface area contributed by atoms with Gasteiger partial charge in [-0.3, -0.25) is 0 Å². The second-order valence-electron chi connectivity index (χ2n) is 4.14. The van der Waals surface area contributed by atoms with Gasteiger partial charge >= 0.3 is 0 Å². The Labute approximate surface area is 118 Å². The summed E-state index contributed by atoms with van der Waals surface area (Å²) in [7, 11) is 1.64. The average Bonchev–Trinajstić information content (AvgIpc) is 2.49. The highest BCUT2D eigenvalue weighted by atomic mass is 16.5. The van der Waals surface area contributed by atoms with Crippen LogP contribution in [0.5, 0.6) is 5.75 Å². The van der Waals surface area contributed by atoms with Crippen LogP contribution in [0.15, 0.2) is 30.5 Å². The van der Waals surface area contributed by atoms with E-state index in [-0.39, 0.29) is 0 Å². The van der Waals surface area contributed by atoms with Crippen LogP contribution in [0.1, 0.15) is 13.8 Å². The van der Waals surface area contributed by atoms with E-state index in [4.69, 9.17) is 4.74 Å². The van der Waals surface area contributed by atoms with Gasteiger partial charge in [-0.1, -0.05) is 12.1 Å². The lowest BCUT2D eigenvalue weighted by molar-refractivity contribution is 0.417. The minimum atomic E-state index is 0.620. The highest BCUT2D eigenvalue weighted by Gasteiger charge is 2.08. The number of hydrogen-bond donors (Lipinski definition) is 1. The zero-order chi connectivity index (χ0) is 14.4. The van der Waals surface area contributed by atoms with E-state index in [2.05, 4.69) is 34.3 Å². The Morgan fingerprint density at radius 1 is 1.20 bits per heavy atom. The van der Waals surface area contributed by atoms with Gasteiger partial charge in [0.05, 0.1) is 19.0 Å². The van der Waals surface area contributed by atoms with E-state index in [1.807, 2.05) is 29.2 Å². The molecule has 0 fully saturated rings. The Balaban J connectivity index is 2.23. The SMILES string of the molecule is CCN(CC)c1nncc(Nc2ccccc2OC)n1. The molecule has 0 aliphatic carbocycles. The molecule has 1 aromatic heterocycles. The van der Waals surface area contributed by atoms with Gasteiger partial charge in [0.1, 0.15) is 5.75 Å². The largest absolute Gasteiger partial charge is 0.495 e. The lowest BCUT2D eigenvalue weighted by atomic mass is 10.3. The summed E-state index contributed by atoms with van der Waals surface area (Å²) in [5, 5.41) is 11.3. The van der Waals surface area contributed by atoms with Crippen LogP contribution in [-0.2, 0) is 0 Å². The monoisotopic (exact) mass is 273 g/mol. The predicted molar refractivity (Wildman–Crippen MR) is 79.7 cm³/mol. The summed E-state index contributed by atoms with van der Waals surface area (Å²) in [4.78, 5) is 6.51. The first-order valence-corrected chi connectivity index (χ1v) is 6.63. The molecular weight excluding hydrogens is 254 g/mol. The number of aromatic nitrogens is 3. The average molecular weight is 273 g/mol. The zero-order valence-electron chi connectivity index (χ0n) is 12.0. The van der Waals surface area contributed by atoms with Crippen molar-refractivity contribution in [1.29, 1.82) is 0 Å². The first-order chi connectivity index (χ1) is 9.78. The summed E-state index contributed by atoms with van der Waals surface area (Å²) in [6.07, 6.45) is 1.60. The maximum atomic E-state index is 5.30. The Hall–Kier alpha value is -2.37. The number of methoxy groups -OCH3 is 1. The van der Waals surface area contributed by atoms with Crippen molar-refractivity contribution >= 4 is 17.5 Å². The van der Waals surface area contributed by atoms with Crippen molar-refractivity contribution in [2.24, 2.45) is 0 Å². The molecule has 2 rings (SSSR count). The first kappa shape index (κ1) is 14.0. The van der Waals surface area contributed by atoms with Crippen LogP contribution < -0.4 is 15.0 Å². The molecule has 1 heterocycles. The van der Waals surface area contributed by atoms with Gasteiger partial charge in [0.25, 0.3) is 0 Å². The molecule has 0 aliphatic heterocycles. The van der Waals surface area contributed by atoms with Crippen molar-refractivity contribution < 1.29 is 4.74 Å². The molecule has 0 unspecified atom stereocenters. The molecule has 0 aliphatic rings. The highest BCUT2D eigenvalue weighted by Crippen LogP contribution is 2.26. The topological polar surface area (TPSA) is 63.2 Å². The van der Waals surface area contributed by atoms with E-state index in [1.54, 1.807) is 13.3 Å². The van der Waals surface area contributed by atoms with Crippen molar-refractivity contribution in [2.75, 3.05) is 30.4 Å². The Morgan fingerprint density at radius 2 is 1.95 bits per heavy atom. The molecule has 20 heavy (non-hydrogen) atoms. The normalized spacial score (nSPS) is 10.2. The van der Waals surface area contributed by atoms with E-state index < -0.39 is 0 Å². The van der Waals surface area contributed by atoms with Gasteiger partial charge < -0.3 is 15.0 Å². The van der Waals surface area contributed by atoms with Crippen LogP contribution in [0.4, 0.5) is 17.5 Å². The van der Waals surface area contributed by atoms with Crippen molar-refractivity contribution in [3.8, 4) is 5.75 Å². The molecule has 2 aromatic rings. The molecule has 0 saturated heterocycles. The van der Waals surface area contributed by atoms with Crippen molar-refractivity contribution in [2.45, 2.75) is 13.8 Å². The van der Waals surface area contributed by atoms with Crippen LogP contribution in [-0.4, -0.2) is 35.4 Å². The van der Waals surface area contributed by atoms with Gasteiger partial charge in [-0.15, -0.1) is 5.10 Å². The molecule has 0 spiro atoms. The fraction of sp³-hybridized carbons (Fsp3) is 0.357. The smallest absolute Gasteiger partial charge is 0.247 e. The van der Waals surface area contributed by atoms with Crippen molar-refractivity contribution in [3.05, 3.63) is 30.5 Å². The molecule has 0 radical (unpaired) electrons. The third-order valence-electron chi connectivity index (χ3n) is 2.96. The second kappa shape index (κ2) is 6.70. The maximum Gasteiger partial charge on any atom is 0.247 e. The Morgan fingerprint density at radius 3 is 2.65 bits per heavy atom. The number of nitrogens with one attached hydrogen (secondary N) is 1. The molecule has 106 valence electrons. The first-order valence-electron chi connectivity index (χ1n) is 6.63. The third-order valence-corrected chi connectivity index (χ3v) is 2.96. The van der Waals surface area contributed by atoms with Gasteiger partial charge in [0.15, 0.2) is 5.82 Å². The number of ether oxygens (including phenoxy) is 1. The van der Waals surface area contributed by atoms with Crippen LogP contribution in [0.2, 0.25) is 0 Å². The fourth-order valence-electron chi connectivity index (χ4n) is 1.88. The van der Waals surface area contributed by atoms with E-state index >= 15 is 0 Å². The summed E-state index contributed by atoms with van der Waals surface area (Å²) in [5.41, 5.74) is 0.848. The van der Waals surface area contributed by atoms with Crippen LogP contribution >= 0.6 is 0 Å². The molecule has 0 bridgehead atoms. The van der Waals surface area contributed by atoms with E-state index in [0.717, 1.165) is 24.5 Å². The Bertz CT molecular complexity index is 557.